The highest BCUT2D eigenvalue weighted by Gasteiger charge is 2.18. The van der Waals surface area contributed by atoms with E-state index in [1.165, 1.54) is 25.2 Å². The third-order valence-electron chi connectivity index (χ3n) is 3.31. The summed E-state index contributed by atoms with van der Waals surface area (Å²) in [6, 6.07) is 10.2. The zero-order valence-electron chi connectivity index (χ0n) is 14.0. The number of hydrogen-bond donors (Lipinski definition) is 1. The van der Waals surface area contributed by atoms with Crippen molar-refractivity contribution in [3.8, 4) is 5.75 Å². The van der Waals surface area contributed by atoms with E-state index in [4.69, 9.17) is 9.47 Å². The third-order valence-corrected chi connectivity index (χ3v) is 4.19. The molecule has 1 aromatic carbocycles. The molecule has 7 heteroatoms. The molecule has 6 nitrogen and oxygen atoms in total. The van der Waals surface area contributed by atoms with Crippen LogP contribution in [0.25, 0.3) is 0 Å². The normalized spacial score (nSPS) is 11.4. The van der Waals surface area contributed by atoms with E-state index in [0.717, 1.165) is 4.88 Å². The minimum absolute atomic E-state index is 0.0478. The monoisotopic (exact) mass is 361 g/mol. The topological polar surface area (TPSA) is 81.7 Å². The molecule has 0 unspecified atom stereocenters. The van der Waals surface area contributed by atoms with Crippen molar-refractivity contribution in [3.05, 3.63) is 52.2 Å². The maximum absolute atomic E-state index is 11.9. The average Bonchev–Trinajstić information content (AvgIpc) is 3.11. The Bertz CT molecular complexity index is 724. The van der Waals surface area contributed by atoms with Crippen molar-refractivity contribution in [2.45, 2.75) is 26.5 Å². The molecule has 0 aliphatic carbocycles. The van der Waals surface area contributed by atoms with Gasteiger partial charge in [0.1, 0.15) is 5.75 Å². The number of rotatable bonds is 8. The van der Waals surface area contributed by atoms with Crippen LogP contribution in [-0.4, -0.2) is 30.4 Å². The lowest BCUT2D eigenvalue weighted by Crippen LogP contribution is -2.36. The third kappa shape index (κ3) is 6.04. The van der Waals surface area contributed by atoms with Crippen molar-refractivity contribution in [2.75, 3.05) is 6.61 Å². The highest BCUT2D eigenvalue weighted by Crippen LogP contribution is 2.12. The molecular formula is C18H19NO5S. The van der Waals surface area contributed by atoms with Gasteiger partial charge < -0.3 is 14.8 Å². The second kappa shape index (κ2) is 8.98. The van der Waals surface area contributed by atoms with Gasteiger partial charge in [-0.25, -0.2) is 4.79 Å². The Balaban J connectivity index is 1.73. The molecule has 0 radical (unpaired) electrons. The minimum Gasteiger partial charge on any atom is -0.482 e. The lowest BCUT2D eigenvalue weighted by molar-refractivity contribution is -0.156. The predicted octanol–water partition coefficient (Wildman–Crippen LogP) is 2.58. The van der Waals surface area contributed by atoms with Crippen LogP contribution in [0.15, 0.2) is 41.8 Å². The molecule has 1 atom stereocenters. The van der Waals surface area contributed by atoms with Gasteiger partial charge in [-0.15, -0.1) is 11.3 Å². The average molecular weight is 361 g/mol. The molecule has 0 spiro atoms. The van der Waals surface area contributed by atoms with E-state index < -0.39 is 12.1 Å². The number of esters is 1. The molecule has 2 rings (SSSR count). The number of nitrogens with one attached hydrogen (secondary N) is 1. The molecule has 0 aliphatic heterocycles. The maximum Gasteiger partial charge on any atom is 0.344 e. The smallest absolute Gasteiger partial charge is 0.344 e. The maximum atomic E-state index is 11.9. The Morgan fingerprint density at radius 3 is 2.48 bits per heavy atom. The van der Waals surface area contributed by atoms with Gasteiger partial charge in [-0.2, -0.15) is 0 Å². The number of benzene rings is 1. The molecule has 132 valence electrons. The van der Waals surface area contributed by atoms with Gasteiger partial charge in [0.05, 0.1) is 6.54 Å². The number of ketones is 1. The van der Waals surface area contributed by atoms with Gasteiger partial charge in [-0.05, 0) is 49.6 Å². The fourth-order valence-electron chi connectivity index (χ4n) is 1.94. The number of amides is 1. The van der Waals surface area contributed by atoms with Gasteiger partial charge in [0.15, 0.2) is 18.5 Å². The molecule has 0 saturated carbocycles. The Morgan fingerprint density at radius 2 is 1.88 bits per heavy atom. The summed E-state index contributed by atoms with van der Waals surface area (Å²) in [7, 11) is 0. The van der Waals surface area contributed by atoms with Gasteiger partial charge in [0.25, 0.3) is 5.91 Å². The molecule has 1 N–H and O–H groups in total. The number of carbonyl (C=O) groups is 3. The van der Waals surface area contributed by atoms with Crippen LogP contribution in [0.4, 0.5) is 0 Å². The van der Waals surface area contributed by atoms with Crippen LogP contribution in [0.5, 0.6) is 5.75 Å². The van der Waals surface area contributed by atoms with Crippen molar-refractivity contribution in [3.63, 3.8) is 0 Å². The van der Waals surface area contributed by atoms with E-state index in [2.05, 4.69) is 5.32 Å². The first kappa shape index (κ1) is 18.7. The van der Waals surface area contributed by atoms with Crippen LogP contribution < -0.4 is 10.1 Å². The molecule has 25 heavy (non-hydrogen) atoms. The fraction of sp³-hybridized carbons (Fsp3) is 0.278. The van der Waals surface area contributed by atoms with Crippen molar-refractivity contribution in [1.29, 1.82) is 0 Å². The second-order valence-corrected chi connectivity index (χ2v) is 6.33. The molecule has 0 saturated heterocycles. The van der Waals surface area contributed by atoms with E-state index >= 15 is 0 Å². The van der Waals surface area contributed by atoms with Crippen LogP contribution in [-0.2, 0) is 20.9 Å². The van der Waals surface area contributed by atoms with E-state index in [1.807, 2.05) is 17.5 Å². The second-order valence-electron chi connectivity index (χ2n) is 5.30. The van der Waals surface area contributed by atoms with E-state index in [-0.39, 0.29) is 18.3 Å². The van der Waals surface area contributed by atoms with E-state index in [9.17, 15) is 14.4 Å². The predicted molar refractivity (Wildman–Crippen MR) is 93.7 cm³/mol. The Hall–Kier alpha value is -2.67. The van der Waals surface area contributed by atoms with Gasteiger partial charge in [0, 0.05) is 10.4 Å². The minimum atomic E-state index is -0.906. The van der Waals surface area contributed by atoms with Crippen LogP contribution in [0.2, 0.25) is 0 Å². The molecule has 0 bridgehead atoms. The summed E-state index contributed by atoms with van der Waals surface area (Å²) in [5.74, 6) is -0.618. The SMILES string of the molecule is CC(=O)c1ccc(OCC(=O)O[C@@H](C)C(=O)NCc2cccs2)cc1. The number of thiophene rings is 1. The summed E-state index contributed by atoms with van der Waals surface area (Å²) in [6.07, 6.45) is -0.906. The van der Waals surface area contributed by atoms with Crippen LogP contribution >= 0.6 is 11.3 Å². The van der Waals surface area contributed by atoms with Crippen molar-refractivity contribution < 1.29 is 23.9 Å². The van der Waals surface area contributed by atoms with E-state index in [1.54, 1.807) is 24.3 Å². The molecule has 1 heterocycles. The fourth-order valence-corrected chi connectivity index (χ4v) is 2.59. The van der Waals surface area contributed by atoms with Crippen LogP contribution in [0.1, 0.15) is 29.1 Å². The largest absolute Gasteiger partial charge is 0.482 e. The summed E-state index contributed by atoms with van der Waals surface area (Å²) >= 11 is 1.54. The number of ether oxygens (including phenoxy) is 2. The highest BCUT2D eigenvalue weighted by molar-refractivity contribution is 7.09. The summed E-state index contributed by atoms with van der Waals surface area (Å²) < 4.78 is 10.3. The number of carbonyl (C=O) groups excluding carboxylic acids is 3. The Kier molecular flexibility index (Phi) is 6.71. The Labute approximate surface area is 149 Å². The zero-order valence-corrected chi connectivity index (χ0v) is 14.8. The highest BCUT2D eigenvalue weighted by atomic mass is 32.1. The summed E-state index contributed by atoms with van der Waals surface area (Å²) in [5.41, 5.74) is 0.561. The molecule has 1 amide bonds. The lowest BCUT2D eigenvalue weighted by atomic mass is 10.1. The first-order valence-corrected chi connectivity index (χ1v) is 8.57. The molecule has 1 aromatic heterocycles. The standard InChI is InChI=1S/C18H19NO5S/c1-12(20)14-5-7-15(8-6-14)23-11-17(21)24-13(2)18(22)19-10-16-4-3-9-25-16/h3-9,13H,10-11H2,1-2H3,(H,19,22)/t13-/m0/s1. The summed E-state index contributed by atoms with van der Waals surface area (Å²) in [6.45, 7) is 3.06. The van der Waals surface area contributed by atoms with Gasteiger partial charge in [-0.3, -0.25) is 9.59 Å². The van der Waals surface area contributed by atoms with Crippen LogP contribution in [0, 0.1) is 0 Å². The lowest BCUT2D eigenvalue weighted by Gasteiger charge is -2.13. The number of Topliss-reactive ketones (excluding diaryl/α,β-unsaturated/α-hetero) is 1. The zero-order chi connectivity index (χ0) is 18.2. The van der Waals surface area contributed by atoms with Gasteiger partial charge in [-0.1, -0.05) is 6.07 Å². The quantitative estimate of drug-likeness (QED) is 0.577. The first-order valence-electron chi connectivity index (χ1n) is 7.69. The van der Waals surface area contributed by atoms with Crippen molar-refractivity contribution in [1.82, 2.24) is 5.32 Å². The summed E-state index contributed by atoms with van der Waals surface area (Å²) in [5, 5.41) is 4.62. The van der Waals surface area contributed by atoms with Crippen LogP contribution in [0.3, 0.4) is 0 Å². The molecule has 0 fully saturated rings. The van der Waals surface area contributed by atoms with Crippen molar-refractivity contribution in [2.24, 2.45) is 0 Å². The van der Waals surface area contributed by atoms with Gasteiger partial charge in [0.2, 0.25) is 0 Å². The first-order chi connectivity index (χ1) is 12.0. The molecule has 0 aliphatic rings. The van der Waals surface area contributed by atoms with Gasteiger partial charge >= 0.3 is 5.97 Å². The Morgan fingerprint density at radius 1 is 1.16 bits per heavy atom. The van der Waals surface area contributed by atoms with Crippen molar-refractivity contribution >= 4 is 29.0 Å². The number of hydrogen-bond acceptors (Lipinski definition) is 6. The van der Waals surface area contributed by atoms with E-state index in [0.29, 0.717) is 17.9 Å². The molecule has 2 aromatic rings. The summed E-state index contributed by atoms with van der Waals surface area (Å²) in [4.78, 5) is 35.9. The molecular weight excluding hydrogens is 342 g/mol.